The number of ether oxygens (including phenoxy) is 1. The number of methoxy groups -OCH3 is 1. The Kier molecular flexibility index (Phi) is 4.96. The van der Waals surface area contributed by atoms with Crippen LogP contribution >= 0.6 is 0 Å². The molecule has 5 nitrogen and oxygen atoms in total. The van der Waals surface area contributed by atoms with E-state index in [0.29, 0.717) is 19.0 Å². The van der Waals surface area contributed by atoms with Gasteiger partial charge in [-0.1, -0.05) is 0 Å². The molecule has 2 aromatic rings. The summed E-state index contributed by atoms with van der Waals surface area (Å²) in [6.45, 7) is 3.17. The molecule has 1 aromatic carbocycles. The zero-order valence-electron chi connectivity index (χ0n) is 12.5. The zero-order valence-corrected chi connectivity index (χ0v) is 12.5. The highest BCUT2D eigenvalue weighted by Crippen LogP contribution is 2.23. The summed E-state index contributed by atoms with van der Waals surface area (Å²) in [6.07, 6.45) is 1.72. The van der Waals surface area contributed by atoms with Crippen molar-refractivity contribution in [1.29, 1.82) is 5.26 Å². The summed E-state index contributed by atoms with van der Waals surface area (Å²) in [6, 6.07) is 9.86. The van der Waals surface area contributed by atoms with Gasteiger partial charge in [0.2, 0.25) is 5.89 Å². The molecule has 5 heteroatoms. The van der Waals surface area contributed by atoms with Gasteiger partial charge in [0.15, 0.2) is 5.76 Å². The molecule has 0 amide bonds. The number of benzene rings is 1. The Balaban J connectivity index is 2.02. The maximum atomic E-state index is 8.82. The highest BCUT2D eigenvalue weighted by atomic mass is 16.5. The Morgan fingerprint density at radius 3 is 2.71 bits per heavy atom. The summed E-state index contributed by atoms with van der Waals surface area (Å²) in [7, 11) is 3.59. The number of aromatic nitrogens is 1. The minimum Gasteiger partial charge on any atom is -0.497 e. The van der Waals surface area contributed by atoms with Crippen molar-refractivity contribution >= 4 is 0 Å². The van der Waals surface area contributed by atoms with E-state index in [-0.39, 0.29) is 5.92 Å². The number of nitrogens with zero attached hydrogens (tertiary/aromatic N) is 3. The van der Waals surface area contributed by atoms with Gasteiger partial charge in [-0.2, -0.15) is 5.26 Å². The predicted molar refractivity (Wildman–Crippen MR) is 79.6 cm³/mol. The summed E-state index contributed by atoms with van der Waals surface area (Å²) in [4.78, 5) is 6.31. The lowest BCUT2D eigenvalue weighted by Crippen LogP contribution is -2.23. The van der Waals surface area contributed by atoms with Crippen LogP contribution in [0.2, 0.25) is 0 Å². The van der Waals surface area contributed by atoms with Gasteiger partial charge in [0.05, 0.1) is 31.8 Å². The molecule has 0 saturated carbocycles. The number of rotatable bonds is 6. The van der Waals surface area contributed by atoms with Crippen LogP contribution < -0.4 is 4.74 Å². The summed E-state index contributed by atoms with van der Waals surface area (Å²) >= 11 is 0. The normalized spacial score (nSPS) is 12.1. The number of oxazole rings is 1. The first-order valence-electron chi connectivity index (χ1n) is 6.79. The van der Waals surface area contributed by atoms with Gasteiger partial charge in [0.25, 0.3) is 0 Å². The van der Waals surface area contributed by atoms with Crippen molar-refractivity contribution in [1.82, 2.24) is 9.88 Å². The van der Waals surface area contributed by atoms with Crippen LogP contribution in [0.15, 0.2) is 34.9 Å². The maximum Gasteiger partial charge on any atom is 0.209 e. The fourth-order valence-corrected chi connectivity index (χ4v) is 2.08. The van der Waals surface area contributed by atoms with E-state index >= 15 is 0 Å². The van der Waals surface area contributed by atoms with E-state index < -0.39 is 0 Å². The van der Waals surface area contributed by atoms with Crippen molar-refractivity contribution in [3.05, 3.63) is 36.4 Å². The Morgan fingerprint density at radius 2 is 2.10 bits per heavy atom. The quantitative estimate of drug-likeness (QED) is 0.816. The molecule has 0 N–H and O–H groups in total. The van der Waals surface area contributed by atoms with Crippen LogP contribution in [0.1, 0.15) is 12.8 Å². The van der Waals surface area contributed by atoms with Crippen LogP contribution in [0.3, 0.4) is 0 Å². The van der Waals surface area contributed by atoms with Crippen LogP contribution in [0.4, 0.5) is 0 Å². The first kappa shape index (κ1) is 15.1. The van der Waals surface area contributed by atoms with E-state index in [1.54, 1.807) is 13.3 Å². The molecule has 0 aliphatic rings. The van der Waals surface area contributed by atoms with Gasteiger partial charge in [-0.15, -0.1) is 0 Å². The average Bonchev–Trinajstić information content (AvgIpc) is 2.95. The van der Waals surface area contributed by atoms with E-state index in [2.05, 4.69) is 11.1 Å². The average molecular weight is 285 g/mol. The third kappa shape index (κ3) is 4.07. The second kappa shape index (κ2) is 6.91. The van der Waals surface area contributed by atoms with Gasteiger partial charge in [-0.3, -0.25) is 4.90 Å². The molecule has 2 rings (SSSR count). The molecule has 0 spiro atoms. The van der Waals surface area contributed by atoms with Crippen LogP contribution in [-0.4, -0.2) is 30.6 Å². The molecular formula is C16H19N3O2. The SMILES string of the molecule is COc1ccc(-c2cnc(CN(C)C[C@H](C)C#N)o2)cc1. The van der Waals surface area contributed by atoms with Crippen molar-refractivity contribution in [2.24, 2.45) is 5.92 Å². The van der Waals surface area contributed by atoms with Gasteiger partial charge < -0.3 is 9.15 Å². The number of hydrogen-bond acceptors (Lipinski definition) is 5. The van der Waals surface area contributed by atoms with Crippen LogP contribution in [0.5, 0.6) is 5.75 Å². The Bertz CT molecular complexity index is 613. The molecule has 1 atom stereocenters. The second-order valence-corrected chi connectivity index (χ2v) is 5.07. The van der Waals surface area contributed by atoms with E-state index in [4.69, 9.17) is 14.4 Å². The highest BCUT2D eigenvalue weighted by molar-refractivity contribution is 5.57. The summed E-state index contributed by atoms with van der Waals surface area (Å²) in [5.74, 6) is 2.18. The topological polar surface area (TPSA) is 62.3 Å². The van der Waals surface area contributed by atoms with Gasteiger partial charge in [0.1, 0.15) is 5.75 Å². The first-order chi connectivity index (χ1) is 10.1. The molecule has 0 unspecified atom stereocenters. The fourth-order valence-electron chi connectivity index (χ4n) is 2.08. The summed E-state index contributed by atoms with van der Waals surface area (Å²) in [5.41, 5.74) is 0.961. The Morgan fingerprint density at radius 1 is 1.38 bits per heavy atom. The molecular weight excluding hydrogens is 266 g/mol. The van der Waals surface area contributed by atoms with Gasteiger partial charge in [0, 0.05) is 12.1 Å². The predicted octanol–water partition coefficient (Wildman–Crippen LogP) is 2.94. The molecule has 0 saturated heterocycles. The third-order valence-electron chi connectivity index (χ3n) is 3.14. The molecule has 0 radical (unpaired) electrons. The van der Waals surface area contributed by atoms with Crippen LogP contribution in [0.25, 0.3) is 11.3 Å². The lowest BCUT2D eigenvalue weighted by molar-refractivity contribution is 0.272. The van der Waals surface area contributed by atoms with E-state index in [1.807, 2.05) is 43.1 Å². The maximum absolute atomic E-state index is 8.82. The molecule has 110 valence electrons. The zero-order chi connectivity index (χ0) is 15.2. The lowest BCUT2D eigenvalue weighted by Gasteiger charge is -2.15. The van der Waals surface area contributed by atoms with Crippen LogP contribution in [-0.2, 0) is 6.54 Å². The van der Waals surface area contributed by atoms with Crippen molar-refractivity contribution in [3.63, 3.8) is 0 Å². The van der Waals surface area contributed by atoms with Gasteiger partial charge in [-0.05, 0) is 38.2 Å². The van der Waals surface area contributed by atoms with E-state index in [1.165, 1.54) is 0 Å². The summed E-state index contributed by atoms with van der Waals surface area (Å²) in [5, 5.41) is 8.82. The van der Waals surface area contributed by atoms with Crippen molar-refractivity contribution in [3.8, 4) is 23.1 Å². The number of hydrogen-bond donors (Lipinski definition) is 0. The van der Waals surface area contributed by atoms with E-state index in [9.17, 15) is 0 Å². The Labute approximate surface area is 124 Å². The van der Waals surface area contributed by atoms with Gasteiger partial charge >= 0.3 is 0 Å². The van der Waals surface area contributed by atoms with Crippen molar-refractivity contribution < 1.29 is 9.15 Å². The van der Waals surface area contributed by atoms with Crippen molar-refractivity contribution in [2.45, 2.75) is 13.5 Å². The molecule has 0 bridgehead atoms. The smallest absolute Gasteiger partial charge is 0.209 e. The second-order valence-electron chi connectivity index (χ2n) is 5.07. The molecule has 1 heterocycles. The van der Waals surface area contributed by atoms with Crippen LogP contribution in [0, 0.1) is 17.2 Å². The first-order valence-corrected chi connectivity index (χ1v) is 6.79. The highest BCUT2D eigenvalue weighted by Gasteiger charge is 2.11. The van der Waals surface area contributed by atoms with E-state index in [0.717, 1.165) is 17.1 Å². The minimum absolute atomic E-state index is 0.00831. The molecule has 21 heavy (non-hydrogen) atoms. The molecule has 0 aliphatic carbocycles. The number of nitriles is 1. The third-order valence-corrected chi connectivity index (χ3v) is 3.14. The molecule has 0 fully saturated rings. The van der Waals surface area contributed by atoms with Crippen molar-refractivity contribution in [2.75, 3.05) is 20.7 Å². The molecule has 0 aliphatic heterocycles. The lowest BCUT2D eigenvalue weighted by atomic mass is 10.2. The minimum atomic E-state index is -0.00831. The standard InChI is InChI=1S/C16H19N3O2/c1-12(8-17)10-19(2)11-16-18-9-15(21-16)13-4-6-14(20-3)7-5-13/h4-7,9,12H,10-11H2,1-3H3/t12-/m1/s1. The van der Waals surface area contributed by atoms with Gasteiger partial charge in [-0.25, -0.2) is 4.98 Å². The largest absolute Gasteiger partial charge is 0.497 e. The monoisotopic (exact) mass is 285 g/mol. The Hall–Kier alpha value is -2.32. The molecule has 1 aromatic heterocycles. The summed E-state index contributed by atoms with van der Waals surface area (Å²) < 4.78 is 10.9. The fraction of sp³-hybridized carbons (Fsp3) is 0.375.